The molecule has 0 aromatic heterocycles. The van der Waals surface area contributed by atoms with E-state index in [1.807, 2.05) is 6.07 Å². The van der Waals surface area contributed by atoms with Gasteiger partial charge in [-0.3, -0.25) is 4.79 Å². The van der Waals surface area contributed by atoms with Crippen molar-refractivity contribution in [1.29, 1.82) is 5.26 Å². The number of ether oxygens (including phenoxy) is 2. The number of anilines is 1. The second-order valence-electron chi connectivity index (χ2n) is 4.64. The Kier molecular flexibility index (Phi) is 8.36. The monoisotopic (exact) mass is 321 g/mol. The van der Waals surface area contributed by atoms with Gasteiger partial charge in [0.15, 0.2) is 0 Å². The zero-order valence-electron chi connectivity index (χ0n) is 13.2. The van der Waals surface area contributed by atoms with E-state index >= 15 is 0 Å². The van der Waals surface area contributed by atoms with E-state index in [1.54, 1.807) is 19.1 Å². The lowest BCUT2D eigenvalue weighted by molar-refractivity contribution is -0.112. The lowest BCUT2D eigenvalue weighted by Gasteiger charge is -2.20. The van der Waals surface area contributed by atoms with Crippen LogP contribution in [0.15, 0.2) is 36.0 Å². The van der Waals surface area contributed by atoms with Crippen molar-refractivity contribution in [2.45, 2.75) is 0 Å². The van der Waals surface area contributed by atoms with Gasteiger partial charge >= 0.3 is 0 Å². The van der Waals surface area contributed by atoms with E-state index in [9.17, 15) is 14.4 Å². The molecule has 0 saturated carbocycles. The molecule has 0 spiro atoms. The van der Waals surface area contributed by atoms with Gasteiger partial charge in [0.2, 0.25) is 0 Å². The van der Waals surface area contributed by atoms with Crippen LogP contribution in [0.25, 0.3) is 0 Å². The van der Waals surface area contributed by atoms with E-state index in [0.29, 0.717) is 32.0 Å². The highest BCUT2D eigenvalue weighted by atomic mass is 19.1. The van der Waals surface area contributed by atoms with Gasteiger partial charge in [0.05, 0.1) is 13.2 Å². The first-order chi connectivity index (χ1) is 11.1. The first-order valence-corrected chi connectivity index (χ1v) is 7.01. The van der Waals surface area contributed by atoms with E-state index in [0.717, 1.165) is 0 Å². The van der Waals surface area contributed by atoms with E-state index in [2.05, 4.69) is 5.32 Å². The number of nitrogens with zero attached hydrogens (tertiary/aromatic N) is 2. The molecule has 1 amide bonds. The largest absolute Gasteiger partial charge is 0.383 e. The topological polar surface area (TPSA) is 74.6 Å². The summed E-state index contributed by atoms with van der Waals surface area (Å²) in [5.41, 5.74) is 0.361. The van der Waals surface area contributed by atoms with Crippen molar-refractivity contribution in [2.75, 3.05) is 45.8 Å². The van der Waals surface area contributed by atoms with Crippen LogP contribution in [0.4, 0.5) is 10.1 Å². The number of benzene rings is 1. The van der Waals surface area contributed by atoms with E-state index in [1.165, 1.54) is 30.5 Å². The van der Waals surface area contributed by atoms with Crippen LogP contribution in [0.3, 0.4) is 0 Å². The third-order valence-electron chi connectivity index (χ3n) is 2.94. The number of halogens is 1. The van der Waals surface area contributed by atoms with Gasteiger partial charge in [-0.2, -0.15) is 5.26 Å². The summed E-state index contributed by atoms with van der Waals surface area (Å²) in [6.45, 7) is 1.96. The van der Waals surface area contributed by atoms with Gasteiger partial charge in [0.25, 0.3) is 5.91 Å². The Morgan fingerprint density at radius 3 is 2.30 bits per heavy atom. The number of rotatable bonds is 9. The fourth-order valence-electron chi connectivity index (χ4n) is 1.71. The zero-order valence-corrected chi connectivity index (χ0v) is 13.2. The highest BCUT2D eigenvalue weighted by Crippen LogP contribution is 2.10. The minimum Gasteiger partial charge on any atom is -0.383 e. The highest BCUT2D eigenvalue weighted by molar-refractivity contribution is 6.06. The van der Waals surface area contributed by atoms with Gasteiger partial charge in [-0.05, 0) is 24.3 Å². The molecule has 6 nitrogen and oxygen atoms in total. The smallest absolute Gasteiger partial charge is 0.267 e. The Balaban J connectivity index is 2.78. The van der Waals surface area contributed by atoms with Crippen molar-refractivity contribution in [3.05, 3.63) is 41.9 Å². The molecule has 7 heteroatoms. The second kappa shape index (κ2) is 10.3. The first-order valence-electron chi connectivity index (χ1n) is 7.01. The normalized spacial score (nSPS) is 11.0. The Hall–Kier alpha value is -2.43. The van der Waals surface area contributed by atoms with Crippen molar-refractivity contribution in [3.63, 3.8) is 0 Å². The maximum absolute atomic E-state index is 12.9. The van der Waals surface area contributed by atoms with Crippen LogP contribution in [0.1, 0.15) is 0 Å². The molecule has 0 saturated heterocycles. The third kappa shape index (κ3) is 6.91. The molecular formula is C16H20FN3O3. The summed E-state index contributed by atoms with van der Waals surface area (Å²) in [6.07, 6.45) is 1.47. The number of hydrogen-bond donors (Lipinski definition) is 1. The van der Waals surface area contributed by atoms with Crippen LogP contribution >= 0.6 is 0 Å². The minimum absolute atomic E-state index is 0.0541. The summed E-state index contributed by atoms with van der Waals surface area (Å²) in [7, 11) is 3.15. The van der Waals surface area contributed by atoms with Crippen molar-refractivity contribution < 1.29 is 18.7 Å². The Morgan fingerprint density at radius 2 is 1.83 bits per heavy atom. The molecule has 0 atom stereocenters. The van der Waals surface area contributed by atoms with Crippen LogP contribution in [0, 0.1) is 17.1 Å². The summed E-state index contributed by atoms with van der Waals surface area (Å²) in [6, 6.07) is 7.18. The zero-order chi connectivity index (χ0) is 17.1. The Bertz CT molecular complexity index is 559. The van der Waals surface area contributed by atoms with Crippen LogP contribution in [0.5, 0.6) is 0 Å². The van der Waals surface area contributed by atoms with Crippen LogP contribution in [-0.4, -0.2) is 51.3 Å². The maximum Gasteiger partial charge on any atom is 0.267 e. The second-order valence-corrected chi connectivity index (χ2v) is 4.64. The predicted octanol–water partition coefficient (Wildman–Crippen LogP) is 1.77. The van der Waals surface area contributed by atoms with E-state index < -0.39 is 11.7 Å². The predicted molar refractivity (Wildman–Crippen MR) is 84.1 cm³/mol. The number of nitrogens with one attached hydrogen (secondary N) is 1. The lowest BCUT2D eigenvalue weighted by Crippen LogP contribution is -2.27. The standard InChI is InChI=1S/C16H20FN3O3/c1-22-9-7-20(8-10-23-2)12-13(11-18)16(21)19-15-5-3-14(17)4-6-15/h3-6,12H,7-10H2,1-2H3,(H,19,21)/b13-12-. The first kappa shape index (κ1) is 18.6. The maximum atomic E-state index is 12.9. The van der Waals surface area contributed by atoms with Gasteiger partial charge in [-0.25, -0.2) is 4.39 Å². The molecule has 1 N–H and O–H groups in total. The van der Waals surface area contributed by atoms with E-state index in [-0.39, 0.29) is 5.57 Å². The van der Waals surface area contributed by atoms with Crippen LogP contribution < -0.4 is 5.32 Å². The van der Waals surface area contributed by atoms with Crippen LogP contribution in [-0.2, 0) is 14.3 Å². The quantitative estimate of drug-likeness (QED) is 0.554. The summed E-state index contributed by atoms with van der Waals surface area (Å²) in [5.74, 6) is -0.955. The molecule has 0 aliphatic carbocycles. The molecule has 0 bridgehead atoms. The molecule has 124 valence electrons. The molecule has 0 aliphatic rings. The molecule has 0 heterocycles. The van der Waals surface area contributed by atoms with Crippen molar-refractivity contribution in [3.8, 4) is 6.07 Å². The van der Waals surface area contributed by atoms with Crippen molar-refractivity contribution in [2.24, 2.45) is 0 Å². The fraction of sp³-hybridized carbons (Fsp3) is 0.375. The molecule has 1 aromatic rings. The summed E-state index contributed by atoms with van der Waals surface area (Å²) < 4.78 is 22.9. The summed E-state index contributed by atoms with van der Waals surface area (Å²) in [4.78, 5) is 13.9. The summed E-state index contributed by atoms with van der Waals surface area (Å²) >= 11 is 0. The fourth-order valence-corrected chi connectivity index (χ4v) is 1.71. The number of amides is 1. The molecular weight excluding hydrogens is 301 g/mol. The molecule has 0 aliphatic heterocycles. The van der Waals surface area contributed by atoms with Gasteiger partial charge in [0.1, 0.15) is 17.5 Å². The molecule has 0 radical (unpaired) electrons. The van der Waals surface area contributed by atoms with Gasteiger partial charge in [-0.15, -0.1) is 0 Å². The molecule has 0 fully saturated rings. The molecule has 0 unspecified atom stereocenters. The van der Waals surface area contributed by atoms with Gasteiger partial charge < -0.3 is 19.7 Å². The Morgan fingerprint density at radius 1 is 1.26 bits per heavy atom. The SMILES string of the molecule is COCCN(/C=C(/C#N)C(=O)Nc1ccc(F)cc1)CCOC. The summed E-state index contributed by atoms with van der Waals surface area (Å²) in [5, 5.41) is 11.7. The number of hydrogen-bond acceptors (Lipinski definition) is 5. The third-order valence-corrected chi connectivity index (χ3v) is 2.94. The highest BCUT2D eigenvalue weighted by Gasteiger charge is 2.12. The average Bonchev–Trinajstić information content (AvgIpc) is 2.56. The van der Waals surface area contributed by atoms with Crippen molar-refractivity contribution in [1.82, 2.24) is 4.90 Å². The minimum atomic E-state index is -0.557. The molecule has 1 rings (SSSR count). The van der Waals surface area contributed by atoms with E-state index in [4.69, 9.17) is 9.47 Å². The number of carbonyl (C=O) groups excluding carboxylic acids is 1. The number of nitriles is 1. The van der Waals surface area contributed by atoms with Crippen molar-refractivity contribution >= 4 is 11.6 Å². The number of carbonyl (C=O) groups is 1. The van der Waals surface area contributed by atoms with Gasteiger partial charge in [-0.1, -0.05) is 0 Å². The molecule has 1 aromatic carbocycles. The average molecular weight is 321 g/mol. The Labute approximate surface area is 135 Å². The molecule has 23 heavy (non-hydrogen) atoms. The lowest BCUT2D eigenvalue weighted by atomic mass is 10.2. The number of methoxy groups -OCH3 is 2. The van der Waals surface area contributed by atoms with Gasteiger partial charge in [0, 0.05) is 39.2 Å². The van der Waals surface area contributed by atoms with Crippen LogP contribution in [0.2, 0.25) is 0 Å².